The summed E-state index contributed by atoms with van der Waals surface area (Å²) in [6.45, 7) is 3.56. The van der Waals surface area contributed by atoms with E-state index in [1.54, 1.807) is 11.1 Å². The summed E-state index contributed by atoms with van der Waals surface area (Å²) in [5.41, 5.74) is 3.61. The molecule has 3 amide bonds. The second-order valence-electron chi connectivity index (χ2n) is 9.67. The summed E-state index contributed by atoms with van der Waals surface area (Å²) in [6.07, 6.45) is 4.22. The maximum Gasteiger partial charge on any atom is 0.255 e. The number of hydrogen-bond acceptors (Lipinski definition) is 6. The lowest BCUT2D eigenvalue weighted by Crippen LogP contribution is -2.52. The molecule has 0 aliphatic carbocycles. The number of carbonyl (C=O) groups is 3. The van der Waals surface area contributed by atoms with Gasteiger partial charge in [0.1, 0.15) is 16.9 Å². The summed E-state index contributed by atoms with van der Waals surface area (Å²) < 4.78 is 6.25. The highest BCUT2D eigenvalue weighted by Crippen LogP contribution is 2.49. The van der Waals surface area contributed by atoms with Crippen molar-refractivity contribution in [2.75, 3.05) is 19.7 Å². The van der Waals surface area contributed by atoms with Crippen LogP contribution in [0, 0.1) is 0 Å². The Balaban J connectivity index is 1.20. The van der Waals surface area contributed by atoms with Crippen LogP contribution in [0.5, 0.6) is 5.75 Å². The summed E-state index contributed by atoms with van der Waals surface area (Å²) >= 11 is 6.25. The van der Waals surface area contributed by atoms with Crippen LogP contribution < -0.4 is 10.1 Å². The Hall–Kier alpha value is -2.97. The van der Waals surface area contributed by atoms with E-state index in [0.29, 0.717) is 30.3 Å². The van der Waals surface area contributed by atoms with Crippen LogP contribution in [0.2, 0.25) is 5.15 Å². The van der Waals surface area contributed by atoms with Crippen LogP contribution in [0.15, 0.2) is 30.5 Å². The van der Waals surface area contributed by atoms with Gasteiger partial charge in [0, 0.05) is 46.8 Å². The molecule has 9 heteroatoms. The molecule has 8 nitrogen and oxygen atoms in total. The number of likely N-dealkylation sites (tertiary alicyclic amines) is 1. The van der Waals surface area contributed by atoms with E-state index in [-0.39, 0.29) is 23.7 Å². The number of pyridine rings is 1. The van der Waals surface area contributed by atoms with E-state index < -0.39 is 11.9 Å². The zero-order chi connectivity index (χ0) is 23.4. The number of nitrogens with zero attached hydrogens (tertiary/aromatic N) is 3. The Labute approximate surface area is 202 Å². The predicted molar refractivity (Wildman–Crippen MR) is 123 cm³/mol. The van der Waals surface area contributed by atoms with Crippen molar-refractivity contribution < 1.29 is 19.1 Å². The van der Waals surface area contributed by atoms with Crippen LogP contribution in [0.1, 0.15) is 52.7 Å². The Morgan fingerprint density at radius 3 is 2.76 bits per heavy atom. The van der Waals surface area contributed by atoms with Crippen molar-refractivity contribution in [2.24, 2.45) is 0 Å². The Morgan fingerprint density at radius 1 is 1.18 bits per heavy atom. The summed E-state index contributed by atoms with van der Waals surface area (Å²) in [5, 5.41) is 2.91. The first kappa shape index (κ1) is 21.6. The molecular weight excluding hydrogens is 456 g/mol. The maximum absolute atomic E-state index is 13.1. The quantitative estimate of drug-likeness (QED) is 0.536. The summed E-state index contributed by atoms with van der Waals surface area (Å²) in [7, 11) is 0. The van der Waals surface area contributed by atoms with E-state index in [4.69, 9.17) is 16.3 Å². The second kappa shape index (κ2) is 8.06. The monoisotopic (exact) mass is 480 g/mol. The molecule has 0 bridgehead atoms. The van der Waals surface area contributed by atoms with Gasteiger partial charge in [-0.3, -0.25) is 24.6 Å². The minimum Gasteiger partial charge on any atom is -0.492 e. The van der Waals surface area contributed by atoms with Gasteiger partial charge in [-0.25, -0.2) is 4.98 Å². The van der Waals surface area contributed by atoms with Gasteiger partial charge < -0.3 is 9.64 Å². The molecule has 1 N–H and O–H groups in total. The SMILES string of the molecule is O=C1CCC(N2Cc3c(ccc4c3OCC43CCN(Cc4cccnc4Cl)CC3)C2=O)C(=O)N1. The molecule has 1 atom stereocenters. The third-order valence-corrected chi connectivity index (χ3v) is 8.11. The standard InChI is InChI=1S/C25H25ClN4O4/c26-22-15(2-1-9-27-22)12-29-10-7-25(8-11-29)14-34-21-17-13-30(19-5-6-20(31)28-23(19)32)24(33)16(17)3-4-18(21)25/h1-4,9,19H,5-8,10-14H2,(H,28,31,32). The first-order valence-corrected chi connectivity index (χ1v) is 12.1. The smallest absolute Gasteiger partial charge is 0.255 e. The first-order valence-electron chi connectivity index (χ1n) is 11.7. The maximum atomic E-state index is 13.1. The minimum atomic E-state index is -0.619. The molecule has 2 aromatic rings. The molecule has 4 aliphatic rings. The summed E-state index contributed by atoms with van der Waals surface area (Å²) in [5.74, 6) is -0.0364. The first-order chi connectivity index (χ1) is 16.4. The highest BCUT2D eigenvalue weighted by molar-refractivity contribution is 6.30. The van der Waals surface area contributed by atoms with Crippen LogP contribution >= 0.6 is 11.6 Å². The highest BCUT2D eigenvalue weighted by Gasteiger charge is 2.47. The highest BCUT2D eigenvalue weighted by atomic mass is 35.5. The van der Waals surface area contributed by atoms with Gasteiger partial charge >= 0.3 is 0 Å². The van der Waals surface area contributed by atoms with E-state index >= 15 is 0 Å². The normalized spacial score (nSPS) is 23.6. The molecular formula is C25H25ClN4O4. The van der Waals surface area contributed by atoms with Gasteiger partial charge in [0.25, 0.3) is 5.91 Å². The average molecular weight is 481 g/mol. The van der Waals surface area contributed by atoms with Crippen molar-refractivity contribution in [3.05, 3.63) is 57.9 Å². The fourth-order valence-electron chi connectivity index (χ4n) is 5.81. The minimum absolute atomic E-state index is 0.0648. The molecule has 176 valence electrons. The molecule has 34 heavy (non-hydrogen) atoms. The van der Waals surface area contributed by atoms with E-state index in [0.717, 1.165) is 49.4 Å². The number of carbonyl (C=O) groups excluding carboxylic acids is 3. The van der Waals surface area contributed by atoms with Gasteiger partial charge in [-0.1, -0.05) is 23.7 Å². The van der Waals surface area contributed by atoms with Gasteiger partial charge in [0.15, 0.2) is 0 Å². The molecule has 2 fully saturated rings. The molecule has 1 aromatic heterocycles. The van der Waals surface area contributed by atoms with Crippen LogP contribution in [0.4, 0.5) is 0 Å². The molecule has 1 spiro atoms. The number of ether oxygens (including phenoxy) is 1. The van der Waals surface area contributed by atoms with Crippen molar-refractivity contribution in [3.8, 4) is 5.75 Å². The Kier molecular flexibility index (Phi) is 5.11. The lowest BCUT2D eigenvalue weighted by molar-refractivity contribution is -0.136. The number of nitrogens with one attached hydrogen (secondary N) is 1. The van der Waals surface area contributed by atoms with Gasteiger partial charge in [0.2, 0.25) is 11.8 Å². The number of amides is 3. The van der Waals surface area contributed by atoms with Crippen molar-refractivity contribution >= 4 is 29.3 Å². The number of piperidine rings is 2. The van der Waals surface area contributed by atoms with Crippen LogP contribution in [0.25, 0.3) is 0 Å². The Morgan fingerprint density at radius 2 is 2.00 bits per heavy atom. The predicted octanol–water partition coefficient (Wildman–Crippen LogP) is 2.42. The zero-order valence-electron chi connectivity index (χ0n) is 18.7. The fraction of sp³-hybridized carbons (Fsp3) is 0.440. The van der Waals surface area contributed by atoms with Gasteiger partial charge in [-0.05, 0) is 44.5 Å². The lowest BCUT2D eigenvalue weighted by Gasteiger charge is -2.38. The molecule has 4 aliphatic heterocycles. The topological polar surface area (TPSA) is 91.8 Å². The molecule has 5 heterocycles. The number of hydrogen-bond donors (Lipinski definition) is 1. The summed E-state index contributed by atoms with van der Waals surface area (Å²) in [4.78, 5) is 45.2. The number of aromatic nitrogens is 1. The van der Waals surface area contributed by atoms with Gasteiger partial charge in [-0.15, -0.1) is 0 Å². The average Bonchev–Trinajstić information content (AvgIpc) is 3.35. The Bertz CT molecular complexity index is 1210. The van der Waals surface area contributed by atoms with Gasteiger partial charge in [0.05, 0.1) is 13.2 Å². The van der Waals surface area contributed by atoms with Crippen LogP contribution in [0.3, 0.4) is 0 Å². The van der Waals surface area contributed by atoms with Crippen LogP contribution in [-0.4, -0.2) is 58.2 Å². The fourth-order valence-corrected chi connectivity index (χ4v) is 5.99. The number of fused-ring (bicyclic) bond motifs is 4. The molecule has 0 radical (unpaired) electrons. The van der Waals surface area contributed by atoms with Crippen molar-refractivity contribution in [1.29, 1.82) is 0 Å². The number of imide groups is 1. The van der Waals surface area contributed by atoms with Crippen LogP contribution in [-0.2, 0) is 28.1 Å². The molecule has 1 aromatic carbocycles. The van der Waals surface area contributed by atoms with E-state index in [1.165, 1.54) is 5.56 Å². The summed E-state index contributed by atoms with van der Waals surface area (Å²) in [6, 6.07) is 7.24. The third-order valence-electron chi connectivity index (χ3n) is 7.77. The third kappa shape index (κ3) is 3.39. The van der Waals surface area contributed by atoms with E-state index in [9.17, 15) is 14.4 Å². The number of benzene rings is 1. The largest absolute Gasteiger partial charge is 0.492 e. The number of halogens is 1. The van der Waals surface area contributed by atoms with Crippen molar-refractivity contribution in [2.45, 2.75) is 50.2 Å². The molecule has 1 unspecified atom stereocenters. The second-order valence-corrected chi connectivity index (χ2v) is 10.0. The van der Waals surface area contributed by atoms with E-state index in [2.05, 4.69) is 15.2 Å². The lowest BCUT2D eigenvalue weighted by atomic mass is 9.74. The molecule has 0 saturated carbocycles. The van der Waals surface area contributed by atoms with Gasteiger partial charge in [-0.2, -0.15) is 0 Å². The molecule has 2 saturated heterocycles. The number of rotatable bonds is 3. The zero-order valence-corrected chi connectivity index (χ0v) is 19.4. The van der Waals surface area contributed by atoms with Crippen molar-refractivity contribution in [1.82, 2.24) is 20.1 Å². The molecule has 6 rings (SSSR count). The van der Waals surface area contributed by atoms with E-state index in [1.807, 2.05) is 24.3 Å². The van der Waals surface area contributed by atoms with Crippen molar-refractivity contribution in [3.63, 3.8) is 0 Å².